The lowest BCUT2D eigenvalue weighted by Gasteiger charge is -2.30. The van der Waals surface area contributed by atoms with Gasteiger partial charge in [-0.2, -0.15) is 0 Å². The van der Waals surface area contributed by atoms with Gasteiger partial charge in [-0.25, -0.2) is 9.59 Å². The Hall–Kier alpha value is -3.48. The number of dihydropyridines is 1. The first-order valence-corrected chi connectivity index (χ1v) is 14.3. The van der Waals surface area contributed by atoms with Crippen LogP contribution in [0, 0.1) is 5.92 Å². The standard InChI is InChI=1S/C32H43N3O4/c1-4-5-6-7-8-17-28-29(31(36)38-20-11-15-26-13-9-18-33-22-26)24(2)35-25(3)30(28)32(37)39-21-12-16-27-14-10-19-34-23-27/h9-10,13-14,18-19,22-23,28,35H,4-8,11-12,15-17,20-21H2,1-3H3. The molecule has 2 aromatic heterocycles. The summed E-state index contributed by atoms with van der Waals surface area (Å²) in [5, 5.41) is 3.26. The number of carbonyl (C=O) groups excluding carboxylic acids is 2. The van der Waals surface area contributed by atoms with Gasteiger partial charge in [0.2, 0.25) is 0 Å². The number of ether oxygens (including phenoxy) is 2. The zero-order valence-electron chi connectivity index (χ0n) is 23.7. The molecule has 3 heterocycles. The second-order valence-corrected chi connectivity index (χ2v) is 10.2. The first-order valence-electron chi connectivity index (χ1n) is 14.3. The highest BCUT2D eigenvalue weighted by atomic mass is 16.5. The fourth-order valence-corrected chi connectivity index (χ4v) is 5.04. The molecule has 0 saturated carbocycles. The van der Waals surface area contributed by atoms with Crippen LogP contribution in [0.1, 0.15) is 83.3 Å². The number of nitrogens with zero attached hydrogens (tertiary/aromatic N) is 2. The van der Waals surface area contributed by atoms with Crippen LogP contribution in [0.4, 0.5) is 0 Å². The molecule has 0 fully saturated rings. The van der Waals surface area contributed by atoms with Crippen molar-refractivity contribution >= 4 is 11.9 Å². The maximum Gasteiger partial charge on any atom is 0.336 e. The Morgan fingerprint density at radius 3 is 1.74 bits per heavy atom. The number of nitrogens with one attached hydrogen (secondary N) is 1. The minimum absolute atomic E-state index is 0.310. The summed E-state index contributed by atoms with van der Waals surface area (Å²) < 4.78 is 11.4. The summed E-state index contributed by atoms with van der Waals surface area (Å²) in [6.07, 6.45) is 16.3. The molecule has 0 atom stereocenters. The van der Waals surface area contributed by atoms with E-state index < -0.39 is 0 Å². The van der Waals surface area contributed by atoms with E-state index in [1.54, 1.807) is 12.4 Å². The van der Waals surface area contributed by atoms with Crippen LogP contribution in [0.5, 0.6) is 0 Å². The predicted molar refractivity (Wildman–Crippen MR) is 152 cm³/mol. The Bertz CT molecular complexity index is 1030. The van der Waals surface area contributed by atoms with E-state index in [-0.39, 0.29) is 17.9 Å². The van der Waals surface area contributed by atoms with E-state index in [1.807, 2.05) is 50.5 Å². The molecule has 0 bridgehead atoms. The smallest absolute Gasteiger partial charge is 0.336 e. The van der Waals surface area contributed by atoms with Crippen LogP contribution in [0.25, 0.3) is 0 Å². The second-order valence-electron chi connectivity index (χ2n) is 10.2. The molecule has 0 aromatic carbocycles. The van der Waals surface area contributed by atoms with Crippen LogP contribution in [0.3, 0.4) is 0 Å². The van der Waals surface area contributed by atoms with E-state index >= 15 is 0 Å². The van der Waals surface area contributed by atoms with E-state index in [4.69, 9.17) is 9.47 Å². The van der Waals surface area contributed by atoms with Crippen LogP contribution in [0.15, 0.2) is 71.6 Å². The normalized spacial score (nSPS) is 13.8. The lowest BCUT2D eigenvalue weighted by Crippen LogP contribution is -2.34. The zero-order valence-corrected chi connectivity index (χ0v) is 23.7. The molecule has 0 saturated heterocycles. The highest BCUT2D eigenvalue weighted by Crippen LogP contribution is 2.35. The summed E-state index contributed by atoms with van der Waals surface area (Å²) in [5.41, 5.74) is 4.80. The lowest BCUT2D eigenvalue weighted by atomic mass is 9.81. The van der Waals surface area contributed by atoms with E-state index in [2.05, 4.69) is 22.2 Å². The molecule has 1 aliphatic rings. The number of aryl methyl sites for hydroxylation is 2. The summed E-state index contributed by atoms with van der Waals surface area (Å²) >= 11 is 0. The third kappa shape index (κ3) is 9.65. The van der Waals surface area contributed by atoms with Crippen molar-refractivity contribution in [2.75, 3.05) is 13.2 Å². The van der Waals surface area contributed by atoms with Crippen LogP contribution in [-0.2, 0) is 31.9 Å². The van der Waals surface area contributed by atoms with Gasteiger partial charge in [0.15, 0.2) is 0 Å². The quantitative estimate of drug-likeness (QED) is 0.201. The third-order valence-electron chi connectivity index (χ3n) is 7.05. The minimum atomic E-state index is -0.362. The van der Waals surface area contributed by atoms with Crippen molar-refractivity contribution in [1.82, 2.24) is 15.3 Å². The molecule has 0 unspecified atom stereocenters. The minimum Gasteiger partial charge on any atom is -0.462 e. The maximum absolute atomic E-state index is 13.3. The van der Waals surface area contributed by atoms with Crippen LogP contribution < -0.4 is 5.32 Å². The van der Waals surface area contributed by atoms with Crippen molar-refractivity contribution in [3.63, 3.8) is 0 Å². The number of aromatic nitrogens is 2. The molecule has 1 N–H and O–H groups in total. The predicted octanol–water partition coefficient (Wildman–Crippen LogP) is 6.26. The summed E-state index contributed by atoms with van der Waals surface area (Å²) in [6, 6.07) is 7.84. The highest BCUT2D eigenvalue weighted by molar-refractivity contribution is 5.97. The fraction of sp³-hybridized carbons (Fsp3) is 0.500. The number of carbonyl (C=O) groups is 2. The zero-order chi connectivity index (χ0) is 27.9. The Morgan fingerprint density at radius 2 is 1.28 bits per heavy atom. The molecule has 7 heteroatoms. The highest BCUT2D eigenvalue weighted by Gasteiger charge is 2.36. The molecule has 1 aliphatic heterocycles. The van der Waals surface area contributed by atoms with Gasteiger partial charge < -0.3 is 14.8 Å². The van der Waals surface area contributed by atoms with E-state index in [1.165, 1.54) is 12.8 Å². The number of pyridine rings is 2. The number of hydrogen-bond donors (Lipinski definition) is 1. The van der Waals surface area contributed by atoms with Crippen LogP contribution in [0.2, 0.25) is 0 Å². The van der Waals surface area contributed by atoms with Crippen molar-refractivity contribution in [1.29, 1.82) is 0 Å². The van der Waals surface area contributed by atoms with Crippen molar-refractivity contribution in [2.24, 2.45) is 5.92 Å². The monoisotopic (exact) mass is 533 g/mol. The summed E-state index contributed by atoms with van der Waals surface area (Å²) in [5.74, 6) is -1.07. The molecule has 0 amide bonds. The molecule has 3 rings (SSSR count). The number of unbranched alkanes of at least 4 members (excludes halogenated alkanes) is 4. The second kappa shape index (κ2) is 16.5. The molecule has 7 nitrogen and oxygen atoms in total. The first kappa shape index (κ1) is 30.1. The topological polar surface area (TPSA) is 90.4 Å². The average Bonchev–Trinajstić information content (AvgIpc) is 2.94. The molecule has 0 radical (unpaired) electrons. The number of esters is 2. The van der Waals surface area contributed by atoms with Crippen molar-refractivity contribution in [2.45, 2.75) is 85.0 Å². The Morgan fingerprint density at radius 1 is 0.769 bits per heavy atom. The summed E-state index contributed by atoms with van der Waals surface area (Å²) in [4.78, 5) is 35.0. The summed E-state index contributed by atoms with van der Waals surface area (Å²) in [6.45, 7) is 6.58. The van der Waals surface area contributed by atoms with Gasteiger partial charge >= 0.3 is 11.9 Å². The SMILES string of the molecule is CCCCCCCC1C(C(=O)OCCCc2cccnc2)=C(C)NC(C)=C1C(=O)OCCCc1cccnc1. The van der Waals surface area contributed by atoms with Crippen LogP contribution in [-0.4, -0.2) is 35.1 Å². The Kier molecular flexibility index (Phi) is 12.7. The molecular formula is C32H43N3O4. The average molecular weight is 534 g/mol. The molecule has 39 heavy (non-hydrogen) atoms. The van der Waals surface area contributed by atoms with Gasteiger partial charge in [-0.1, -0.05) is 51.2 Å². The van der Waals surface area contributed by atoms with Crippen LogP contribution >= 0.6 is 0 Å². The van der Waals surface area contributed by atoms with Gasteiger partial charge in [0, 0.05) is 42.1 Å². The van der Waals surface area contributed by atoms with Crippen molar-refractivity contribution in [3.8, 4) is 0 Å². The fourth-order valence-electron chi connectivity index (χ4n) is 5.04. The van der Waals surface area contributed by atoms with Gasteiger partial charge in [0.25, 0.3) is 0 Å². The molecule has 2 aromatic rings. The molecule has 0 spiro atoms. The van der Waals surface area contributed by atoms with E-state index in [9.17, 15) is 9.59 Å². The van der Waals surface area contributed by atoms with Crippen molar-refractivity contribution < 1.29 is 19.1 Å². The Balaban J connectivity index is 1.63. The maximum atomic E-state index is 13.3. The number of allylic oxidation sites excluding steroid dienone is 2. The molecule has 0 aliphatic carbocycles. The molecule has 210 valence electrons. The van der Waals surface area contributed by atoms with E-state index in [0.29, 0.717) is 43.6 Å². The largest absolute Gasteiger partial charge is 0.462 e. The lowest BCUT2D eigenvalue weighted by molar-refractivity contribution is -0.140. The first-order chi connectivity index (χ1) is 19.0. The van der Waals surface area contributed by atoms with Crippen molar-refractivity contribution in [3.05, 3.63) is 82.7 Å². The molecular weight excluding hydrogens is 490 g/mol. The third-order valence-corrected chi connectivity index (χ3v) is 7.05. The Labute approximate surface area is 233 Å². The summed E-state index contributed by atoms with van der Waals surface area (Å²) in [7, 11) is 0. The van der Waals surface area contributed by atoms with Gasteiger partial charge in [-0.15, -0.1) is 0 Å². The van der Waals surface area contributed by atoms with Gasteiger partial charge in [-0.3, -0.25) is 9.97 Å². The van der Waals surface area contributed by atoms with Gasteiger partial charge in [0.05, 0.1) is 24.4 Å². The number of rotatable bonds is 16. The van der Waals surface area contributed by atoms with Gasteiger partial charge in [-0.05, 0) is 69.2 Å². The van der Waals surface area contributed by atoms with E-state index in [0.717, 1.165) is 54.6 Å². The van der Waals surface area contributed by atoms with Gasteiger partial charge in [0.1, 0.15) is 0 Å². The number of hydrogen-bond acceptors (Lipinski definition) is 7.